The number of aliphatic imine (C=N–C) groups is 2. The normalized spacial score (nSPS) is 18.3. The molecule has 0 fully saturated rings. The summed E-state index contributed by atoms with van der Waals surface area (Å²) in [6, 6.07) is 14.9. The quantitative estimate of drug-likeness (QED) is 0.239. The molecule has 2 aromatic rings. The van der Waals surface area contributed by atoms with Gasteiger partial charge in [0.1, 0.15) is 24.7 Å². The van der Waals surface area contributed by atoms with Gasteiger partial charge in [-0.05, 0) is 54.9 Å². The number of carbonyl (C=O) groups excluding carboxylic acids is 1. The number of aliphatic carboxylic acids is 1. The SMILES string of the molecule is CCOC1=N[C@H](CCCCCC[C@H](NC(=O)OCC2c3ccccc3-c3ccccc32)C(=O)O)C(OCC)=N[C@H]1C(C)C. The Morgan fingerprint density at radius 1 is 0.860 bits per heavy atom. The van der Waals surface area contributed by atoms with Crippen LogP contribution < -0.4 is 5.32 Å². The van der Waals surface area contributed by atoms with E-state index in [4.69, 9.17) is 24.2 Å². The first-order valence-corrected chi connectivity index (χ1v) is 15.6. The van der Waals surface area contributed by atoms with Crippen LogP contribution in [0.4, 0.5) is 4.79 Å². The van der Waals surface area contributed by atoms with E-state index in [0.29, 0.717) is 37.9 Å². The summed E-state index contributed by atoms with van der Waals surface area (Å²) < 4.78 is 17.2. The number of rotatable bonds is 14. The highest BCUT2D eigenvalue weighted by Crippen LogP contribution is 2.44. The Morgan fingerprint density at radius 2 is 1.47 bits per heavy atom. The molecule has 0 radical (unpaired) electrons. The first kappa shape index (κ1) is 32.0. The lowest BCUT2D eigenvalue weighted by Crippen LogP contribution is -2.41. The number of nitrogens with zero attached hydrogens (tertiary/aromatic N) is 2. The van der Waals surface area contributed by atoms with Crippen molar-refractivity contribution in [3.63, 3.8) is 0 Å². The third kappa shape index (κ3) is 8.15. The predicted octanol–water partition coefficient (Wildman–Crippen LogP) is 6.60. The van der Waals surface area contributed by atoms with Gasteiger partial charge >= 0.3 is 12.1 Å². The van der Waals surface area contributed by atoms with Crippen molar-refractivity contribution in [3.8, 4) is 11.1 Å². The minimum Gasteiger partial charge on any atom is -0.480 e. The highest BCUT2D eigenvalue weighted by atomic mass is 16.5. The second-order valence-electron chi connectivity index (χ2n) is 11.4. The maximum atomic E-state index is 12.6. The number of fused-ring (bicyclic) bond motifs is 3. The molecular weight excluding hydrogens is 546 g/mol. The summed E-state index contributed by atoms with van der Waals surface area (Å²) in [5.74, 6) is 0.457. The summed E-state index contributed by atoms with van der Waals surface area (Å²) in [5.41, 5.74) is 4.50. The third-order valence-corrected chi connectivity index (χ3v) is 7.96. The van der Waals surface area contributed by atoms with Gasteiger partial charge in [-0.2, -0.15) is 0 Å². The molecule has 0 bridgehead atoms. The number of ether oxygens (including phenoxy) is 3. The van der Waals surface area contributed by atoms with Crippen molar-refractivity contribution in [2.45, 2.75) is 90.3 Å². The van der Waals surface area contributed by atoms with Crippen molar-refractivity contribution >= 4 is 23.9 Å². The molecule has 4 rings (SSSR count). The minimum absolute atomic E-state index is 0.0795. The Bertz CT molecular complexity index is 1260. The van der Waals surface area contributed by atoms with Gasteiger partial charge in [0.25, 0.3) is 0 Å². The fourth-order valence-electron chi connectivity index (χ4n) is 5.82. The second kappa shape index (κ2) is 15.5. The minimum atomic E-state index is -1.06. The van der Waals surface area contributed by atoms with E-state index in [0.717, 1.165) is 47.9 Å². The third-order valence-electron chi connectivity index (χ3n) is 7.96. The summed E-state index contributed by atoms with van der Waals surface area (Å²) in [6.45, 7) is 9.31. The fourth-order valence-corrected chi connectivity index (χ4v) is 5.82. The summed E-state index contributed by atoms with van der Waals surface area (Å²) in [6.07, 6.45) is 3.69. The molecule has 3 atom stereocenters. The fraction of sp³-hybridized carbons (Fsp3) is 0.529. The van der Waals surface area contributed by atoms with Crippen LogP contribution in [-0.2, 0) is 19.0 Å². The van der Waals surface area contributed by atoms with Crippen LogP contribution in [0.1, 0.15) is 83.3 Å². The molecule has 2 aliphatic rings. The van der Waals surface area contributed by atoms with Gasteiger partial charge in [0.05, 0.1) is 13.2 Å². The van der Waals surface area contributed by atoms with Gasteiger partial charge in [-0.1, -0.05) is 88.1 Å². The van der Waals surface area contributed by atoms with Crippen molar-refractivity contribution in [3.05, 3.63) is 59.7 Å². The first-order valence-electron chi connectivity index (χ1n) is 15.6. The molecule has 0 aromatic heterocycles. The summed E-state index contributed by atoms with van der Waals surface area (Å²) >= 11 is 0. The van der Waals surface area contributed by atoms with Crippen molar-refractivity contribution in [1.29, 1.82) is 0 Å². The number of amides is 1. The van der Waals surface area contributed by atoms with Gasteiger partial charge in [-0.3, -0.25) is 0 Å². The van der Waals surface area contributed by atoms with E-state index >= 15 is 0 Å². The van der Waals surface area contributed by atoms with Crippen LogP contribution in [0.3, 0.4) is 0 Å². The van der Waals surface area contributed by atoms with Crippen molar-refractivity contribution in [2.75, 3.05) is 19.8 Å². The molecule has 9 nitrogen and oxygen atoms in total. The number of carboxylic acids is 1. The Morgan fingerprint density at radius 3 is 2.07 bits per heavy atom. The van der Waals surface area contributed by atoms with Gasteiger partial charge in [0.15, 0.2) is 0 Å². The molecule has 1 aliphatic heterocycles. The van der Waals surface area contributed by atoms with Crippen LogP contribution in [0, 0.1) is 5.92 Å². The van der Waals surface area contributed by atoms with E-state index in [1.165, 1.54) is 0 Å². The highest BCUT2D eigenvalue weighted by Gasteiger charge is 2.32. The number of nitrogens with one attached hydrogen (secondary N) is 1. The summed E-state index contributed by atoms with van der Waals surface area (Å²) in [5, 5.41) is 12.3. The number of carboxylic acid groups (broad SMARTS) is 1. The smallest absolute Gasteiger partial charge is 0.407 e. The molecule has 0 spiro atoms. The van der Waals surface area contributed by atoms with Gasteiger partial charge in [-0.15, -0.1) is 0 Å². The predicted molar refractivity (Wildman–Crippen MR) is 168 cm³/mol. The molecule has 1 amide bonds. The van der Waals surface area contributed by atoms with E-state index in [1.54, 1.807) is 0 Å². The Kier molecular flexibility index (Phi) is 11.6. The molecule has 0 unspecified atom stereocenters. The number of unbranched alkanes of at least 4 members (excludes halogenated alkanes) is 3. The van der Waals surface area contributed by atoms with Crippen LogP contribution in [0.15, 0.2) is 58.5 Å². The van der Waals surface area contributed by atoms with Crippen LogP contribution in [-0.4, -0.2) is 66.9 Å². The maximum Gasteiger partial charge on any atom is 0.407 e. The lowest BCUT2D eigenvalue weighted by Gasteiger charge is -2.28. The topological polar surface area (TPSA) is 119 Å². The average molecular weight is 592 g/mol. The van der Waals surface area contributed by atoms with E-state index in [2.05, 4.69) is 31.3 Å². The molecule has 1 heterocycles. The van der Waals surface area contributed by atoms with Crippen molar-refractivity contribution in [1.82, 2.24) is 5.32 Å². The molecule has 232 valence electrons. The zero-order valence-corrected chi connectivity index (χ0v) is 25.8. The molecule has 0 saturated heterocycles. The van der Waals surface area contributed by atoms with Gasteiger partial charge in [0, 0.05) is 5.92 Å². The Hall–Kier alpha value is -3.88. The zero-order valence-electron chi connectivity index (χ0n) is 25.8. The van der Waals surface area contributed by atoms with Crippen LogP contribution in [0.5, 0.6) is 0 Å². The lowest BCUT2D eigenvalue weighted by molar-refractivity contribution is -0.139. The van der Waals surface area contributed by atoms with Gasteiger partial charge in [-0.25, -0.2) is 19.6 Å². The van der Waals surface area contributed by atoms with Gasteiger partial charge in [0.2, 0.25) is 11.8 Å². The number of benzene rings is 2. The largest absolute Gasteiger partial charge is 0.480 e. The van der Waals surface area contributed by atoms with E-state index in [9.17, 15) is 14.7 Å². The Labute approximate surface area is 254 Å². The van der Waals surface area contributed by atoms with Crippen LogP contribution in [0.2, 0.25) is 0 Å². The first-order chi connectivity index (χ1) is 20.8. The number of carbonyl (C=O) groups is 2. The van der Waals surface area contributed by atoms with E-state index in [1.807, 2.05) is 50.2 Å². The summed E-state index contributed by atoms with van der Waals surface area (Å²) in [4.78, 5) is 34.2. The van der Waals surface area contributed by atoms with Gasteiger partial charge < -0.3 is 24.6 Å². The molecular formula is C34H45N3O6. The molecule has 43 heavy (non-hydrogen) atoms. The number of alkyl carbamates (subject to hydrolysis) is 1. The monoisotopic (exact) mass is 591 g/mol. The highest BCUT2D eigenvalue weighted by molar-refractivity contribution is 5.94. The molecule has 0 saturated carbocycles. The maximum absolute atomic E-state index is 12.6. The van der Waals surface area contributed by atoms with E-state index < -0.39 is 18.1 Å². The summed E-state index contributed by atoms with van der Waals surface area (Å²) in [7, 11) is 0. The molecule has 1 aliphatic carbocycles. The standard InChI is InChI=1S/C34H45N3O6/c1-5-41-31-28(35-32(42-6-2)30(37-31)22(3)4)19-9-7-8-10-20-29(33(38)39)36-34(40)43-21-27-25-17-13-11-15-23(25)24-16-12-14-18-26(24)27/h11-18,22,27-30H,5-10,19-21H2,1-4H3,(H,36,40)(H,38,39)/t28-,29+,30+/m1/s1. The van der Waals surface area contributed by atoms with Crippen LogP contribution in [0.25, 0.3) is 11.1 Å². The molecule has 2 aromatic carbocycles. The number of hydrogen-bond acceptors (Lipinski definition) is 7. The van der Waals surface area contributed by atoms with Crippen molar-refractivity contribution in [2.24, 2.45) is 15.9 Å². The van der Waals surface area contributed by atoms with Crippen molar-refractivity contribution < 1.29 is 28.9 Å². The van der Waals surface area contributed by atoms with E-state index in [-0.39, 0.29) is 30.5 Å². The molecule has 9 heteroatoms. The number of hydrogen-bond donors (Lipinski definition) is 2. The molecule has 2 N–H and O–H groups in total. The second-order valence-corrected chi connectivity index (χ2v) is 11.4. The van der Waals surface area contributed by atoms with Crippen LogP contribution >= 0.6 is 0 Å². The lowest BCUT2D eigenvalue weighted by atomic mass is 9.98. The average Bonchev–Trinajstić information content (AvgIpc) is 3.31. The Balaban J connectivity index is 1.22. The zero-order chi connectivity index (χ0) is 30.8.